The lowest BCUT2D eigenvalue weighted by atomic mass is 10.3. The molecule has 0 spiro atoms. The molecule has 0 atom stereocenters. The largest absolute Gasteiger partial charge is 0.378 e. The topological polar surface area (TPSA) is 79.4 Å². The smallest absolute Gasteiger partial charge is 0.319 e. The van der Waals surface area contributed by atoms with E-state index >= 15 is 0 Å². The number of hydrogen-bond donors (Lipinski definition) is 2. The van der Waals surface area contributed by atoms with E-state index in [9.17, 15) is 4.79 Å². The summed E-state index contributed by atoms with van der Waals surface area (Å²) in [5.74, 6) is 1.41. The molecule has 0 saturated carbocycles. The van der Waals surface area contributed by atoms with Gasteiger partial charge in [0, 0.05) is 30.0 Å². The summed E-state index contributed by atoms with van der Waals surface area (Å²) in [4.78, 5) is 22.7. The Kier molecular flexibility index (Phi) is 5.45. The molecule has 3 rings (SSSR count). The highest BCUT2D eigenvalue weighted by molar-refractivity contribution is 6.30. The number of aromatic nitrogens is 2. The lowest BCUT2D eigenvalue weighted by Gasteiger charge is -2.27. The second-order valence-electron chi connectivity index (χ2n) is 5.25. The van der Waals surface area contributed by atoms with E-state index in [0.717, 1.165) is 18.9 Å². The third-order valence-corrected chi connectivity index (χ3v) is 3.79. The normalized spacial score (nSPS) is 14.3. The van der Waals surface area contributed by atoms with E-state index in [1.54, 1.807) is 30.5 Å². The molecule has 1 aromatic heterocycles. The minimum atomic E-state index is -0.322. The number of rotatable bonds is 4. The van der Waals surface area contributed by atoms with Gasteiger partial charge in [0.2, 0.25) is 0 Å². The predicted molar refractivity (Wildman–Crippen MR) is 92.4 cm³/mol. The molecule has 8 heteroatoms. The van der Waals surface area contributed by atoms with Gasteiger partial charge in [0.05, 0.1) is 19.8 Å². The van der Waals surface area contributed by atoms with Gasteiger partial charge in [-0.05, 0) is 30.3 Å². The zero-order valence-electron chi connectivity index (χ0n) is 13.0. The van der Waals surface area contributed by atoms with Gasteiger partial charge in [-0.2, -0.15) is 0 Å². The van der Waals surface area contributed by atoms with Crippen molar-refractivity contribution in [1.82, 2.24) is 15.3 Å². The van der Waals surface area contributed by atoms with Crippen molar-refractivity contribution in [2.75, 3.05) is 36.5 Å². The first-order chi connectivity index (χ1) is 11.7. The number of nitrogens with zero attached hydrogens (tertiary/aromatic N) is 3. The van der Waals surface area contributed by atoms with Crippen LogP contribution in [0.5, 0.6) is 0 Å². The van der Waals surface area contributed by atoms with Gasteiger partial charge >= 0.3 is 6.03 Å². The average molecular weight is 348 g/mol. The van der Waals surface area contributed by atoms with Crippen molar-refractivity contribution < 1.29 is 9.53 Å². The fourth-order valence-electron chi connectivity index (χ4n) is 2.31. The maximum atomic E-state index is 11.9. The van der Waals surface area contributed by atoms with Crippen LogP contribution < -0.4 is 15.5 Å². The fourth-order valence-corrected chi connectivity index (χ4v) is 2.44. The molecule has 2 heterocycles. The number of anilines is 2. The van der Waals surface area contributed by atoms with Gasteiger partial charge in [-0.25, -0.2) is 14.8 Å². The average Bonchev–Trinajstić information content (AvgIpc) is 2.63. The molecule has 2 aromatic rings. The van der Waals surface area contributed by atoms with Crippen LogP contribution in [0.25, 0.3) is 0 Å². The molecule has 1 saturated heterocycles. The van der Waals surface area contributed by atoms with Crippen LogP contribution in [0.2, 0.25) is 5.02 Å². The van der Waals surface area contributed by atoms with Crippen LogP contribution in [-0.2, 0) is 11.3 Å². The third kappa shape index (κ3) is 4.56. The Morgan fingerprint density at radius 3 is 2.71 bits per heavy atom. The number of hydrogen-bond acceptors (Lipinski definition) is 5. The van der Waals surface area contributed by atoms with Crippen LogP contribution >= 0.6 is 11.6 Å². The lowest BCUT2D eigenvalue weighted by Crippen LogP contribution is -2.37. The molecule has 1 aliphatic heterocycles. The number of ether oxygens (including phenoxy) is 1. The molecule has 1 aliphatic rings. The molecule has 1 aromatic carbocycles. The zero-order valence-corrected chi connectivity index (χ0v) is 13.8. The van der Waals surface area contributed by atoms with E-state index in [1.165, 1.54) is 0 Å². The molecule has 126 valence electrons. The Balaban J connectivity index is 1.54. The quantitative estimate of drug-likeness (QED) is 0.887. The summed E-state index contributed by atoms with van der Waals surface area (Å²) in [6.45, 7) is 3.25. The van der Waals surface area contributed by atoms with Gasteiger partial charge in [-0.15, -0.1) is 0 Å². The third-order valence-electron chi connectivity index (χ3n) is 3.54. The first-order valence-corrected chi connectivity index (χ1v) is 8.03. The molecular weight excluding hydrogens is 330 g/mol. The Hall–Kier alpha value is -2.38. The number of amides is 2. The number of nitrogens with one attached hydrogen (secondary N) is 2. The second kappa shape index (κ2) is 7.94. The maximum Gasteiger partial charge on any atom is 0.319 e. The van der Waals surface area contributed by atoms with Gasteiger partial charge in [-0.1, -0.05) is 11.6 Å². The minimum Gasteiger partial charge on any atom is -0.378 e. The Morgan fingerprint density at radius 2 is 1.96 bits per heavy atom. The van der Waals surface area contributed by atoms with Crippen molar-refractivity contribution in [3.8, 4) is 0 Å². The van der Waals surface area contributed by atoms with Crippen molar-refractivity contribution >= 4 is 29.1 Å². The number of carbonyl (C=O) groups excluding carboxylic acids is 1. The van der Waals surface area contributed by atoms with E-state index in [4.69, 9.17) is 16.3 Å². The molecule has 1 fully saturated rings. The minimum absolute atomic E-state index is 0.248. The molecule has 0 aliphatic carbocycles. The number of morpholine rings is 1. The van der Waals surface area contributed by atoms with E-state index in [2.05, 4.69) is 25.5 Å². The van der Waals surface area contributed by atoms with Crippen LogP contribution in [0.4, 0.5) is 16.3 Å². The molecule has 0 bridgehead atoms. The number of benzene rings is 1. The number of urea groups is 1. The van der Waals surface area contributed by atoms with Crippen LogP contribution in [0.15, 0.2) is 36.5 Å². The van der Waals surface area contributed by atoms with Crippen LogP contribution in [0.3, 0.4) is 0 Å². The van der Waals surface area contributed by atoms with E-state index in [1.807, 2.05) is 6.07 Å². The Labute approximate surface area is 145 Å². The zero-order chi connectivity index (χ0) is 16.8. The van der Waals surface area contributed by atoms with Gasteiger partial charge in [0.25, 0.3) is 0 Å². The second-order valence-corrected chi connectivity index (χ2v) is 5.68. The highest BCUT2D eigenvalue weighted by atomic mass is 35.5. The Bertz CT molecular complexity index is 689. The summed E-state index contributed by atoms with van der Waals surface area (Å²) in [6.07, 6.45) is 1.70. The van der Waals surface area contributed by atoms with Gasteiger partial charge < -0.3 is 20.3 Å². The standard InChI is InChI=1S/C16H18ClN5O2/c17-12-1-3-13(4-2-12)20-16(23)19-11-14-18-6-5-15(21-14)22-7-9-24-10-8-22/h1-6H,7-11H2,(H2,19,20,23). The van der Waals surface area contributed by atoms with Crippen molar-refractivity contribution in [3.05, 3.63) is 47.4 Å². The lowest BCUT2D eigenvalue weighted by molar-refractivity contribution is 0.122. The maximum absolute atomic E-state index is 11.9. The summed E-state index contributed by atoms with van der Waals surface area (Å²) < 4.78 is 5.34. The summed E-state index contributed by atoms with van der Waals surface area (Å²) >= 11 is 5.81. The predicted octanol–water partition coefficient (Wildman–Crippen LogP) is 2.29. The van der Waals surface area contributed by atoms with Gasteiger partial charge in [-0.3, -0.25) is 0 Å². The first-order valence-electron chi connectivity index (χ1n) is 7.66. The number of halogens is 1. The molecular formula is C16H18ClN5O2. The van der Waals surface area contributed by atoms with Crippen LogP contribution in [0, 0.1) is 0 Å². The molecule has 24 heavy (non-hydrogen) atoms. The summed E-state index contributed by atoms with van der Waals surface area (Å²) in [5.41, 5.74) is 0.667. The van der Waals surface area contributed by atoms with E-state index in [-0.39, 0.29) is 12.6 Å². The summed E-state index contributed by atoms with van der Waals surface area (Å²) in [6, 6.07) is 8.44. The number of carbonyl (C=O) groups is 1. The highest BCUT2D eigenvalue weighted by Gasteiger charge is 2.13. The molecule has 7 nitrogen and oxygen atoms in total. The van der Waals surface area contributed by atoms with Crippen LogP contribution in [0.1, 0.15) is 5.82 Å². The molecule has 2 amide bonds. The monoisotopic (exact) mass is 347 g/mol. The van der Waals surface area contributed by atoms with Crippen molar-refractivity contribution in [2.24, 2.45) is 0 Å². The summed E-state index contributed by atoms with van der Waals surface area (Å²) in [5, 5.41) is 6.09. The fraction of sp³-hybridized carbons (Fsp3) is 0.312. The highest BCUT2D eigenvalue weighted by Crippen LogP contribution is 2.13. The van der Waals surface area contributed by atoms with Crippen molar-refractivity contribution in [2.45, 2.75) is 6.54 Å². The Morgan fingerprint density at radius 1 is 1.21 bits per heavy atom. The van der Waals surface area contributed by atoms with Gasteiger partial charge in [0.15, 0.2) is 0 Å². The van der Waals surface area contributed by atoms with Crippen LogP contribution in [-0.4, -0.2) is 42.3 Å². The molecule has 0 radical (unpaired) electrons. The first kappa shape index (κ1) is 16.5. The van der Waals surface area contributed by atoms with Gasteiger partial charge in [0.1, 0.15) is 11.6 Å². The van der Waals surface area contributed by atoms with E-state index in [0.29, 0.717) is 29.7 Å². The SMILES string of the molecule is O=C(NCc1nccc(N2CCOCC2)n1)Nc1ccc(Cl)cc1. The molecule has 0 unspecified atom stereocenters. The summed E-state index contributed by atoms with van der Waals surface area (Å²) in [7, 11) is 0. The van der Waals surface area contributed by atoms with E-state index < -0.39 is 0 Å². The van der Waals surface area contributed by atoms with Crippen molar-refractivity contribution in [1.29, 1.82) is 0 Å². The molecule has 2 N–H and O–H groups in total. The van der Waals surface area contributed by atoms with Crippen molar-refractivity contribution in [3.63, 3.8) is 0 Å².